The summed E-state index contributed by atoms with van der Waals surface area (Å²) in [5.41, 5.74) is 1.68. The standard InChI is InChI=1S/C15H23ClN2O2/c1-3-4-7-18(8-9-19)11-15(20)17-13-6-5-12(2)14(16)10-13/h5-6,10,19H,3-4,7-9,11H2,1-2H3,(H,17,20). The topological polar surface area (TPSA) is 52.6 Å². The molecule has 1 aromatic rings. The zero-order valence-electron chi connectivity index (χ0n) is 12.2. The van der Waals surface area contributed by atoms with Gasteiger partial charge in [0.15, 0.2) is 0 Å². The second-order valence-electron chi connectivity index (χ2n) is 4.87. The van der Waals surface area contributed by atoms with E-state index in [0.717, 1.165) is 24.9 Å². The smallest absolute Gasteiger partial charge is 0.238 e. The SMILES string of the molecule is CCCCN(CCO)CC(=O)Nc1ccc(C)c(Cl)c1. The van der Waals surface area contributed by atoms with Crippen LogP contribution in [0.1, 0.15) is 25.3 Å². The number of halogens is 1. The van der Waals surface area contributed by atoms with Crippen molar-refractivity contribution in [3.05, 3.63) is 28.8 Å². The lowest BCUT2D eigenvalue weighted by molar-refractivity contribution is -0.117. The van der Waals surface area contributed by atoms with E-state index in [9.17, 15) is 4.79 Å². The molecule has 0 atom stereocenters. The molecule has 112 valence electrons. The van der Waals surface area contributed by atoms with Crippen LogP contribution in [-0.4, -0.2) is 42.2 Å². The largest absolute Gasteiger partial charge is 0.395 e. The summed E-state index contributed by atoms with van der Waals surface area (Å²) in [5, 5.41) is 12.5. The van der Waals surface area contributed by atoms with Crippen molar-refractivity contribution in [1.29, 1.82) is 0 Å². The van der Waals surface area contributed by atoms with Gasteiger partial charge in [-0.2, -0.15) is 0 Å². The molecule has 0 bridgehead atoms. The second-order valence-corrected chi connectivity index (χ2v) is 5.27. The van der Waals surface area contributed by atoms with E-state index in [-0.39, 0.29) is 19.1 Å². The fourth-order valence-electron chi connectivity index (χ4n) is 1.87. The van der Waals surface area contributed by atoms with Crippen LogP contribution in [0, 0.1) is 6.92 Å². The van der Waals surface area contributed by atoms with Crippen molar-refractivity contribution in [2.75, 3.05) is 31.6 Å². The van der Waals surface area contributed by atoms with Crippen molar-refractivity contribution < 1.29 is 9.90 Å². The number of carbonyl (C=O) groups is 1. The van der Waals surface area contributed by atoms with Gasteiger partial charge in [0.25, 0.3) is 0 Å². The van der Waals surface area contributed by atoms with Crippen molar-refractivity contribution in [3.63, 3.8) is 0 Å². The molecule has 0 fully saturated rings. The van der Waals surface area contributed by atoms with Crippen LogP contribution in [0.4, 0.5) is 5.69 Å². The molecule has 0 radical (unpaired) electrons. The number of hydrogen-bond donors (Lipinski definition) is 2. The average molecular weight is 299 g/mol. The molecule has 2 N–H and O–H groups in total. The molecule has 0 spiro atoms. The highest BCUT2D eigenvalue weighted by Gasteiger charge is 2.10. The van der Waals surface area contributed by atoms with Crippen LogP contribution in [0.5, 0.6) is 0 Å². The predicted octanol–water partition coefficient (Wildman–Crippen LogP) is 2.68. The van der Waals surface area contributed by atoms with Crippen molar-refractivity contribution in [2.24, 2.45) is 0 Å². The molecule has 0 heterocycles. The normalized spacial score (nSPS) is 10.8. The average Bonchev–Trinajstić information content (AvgIpc) is 2.40. The van der Waals surface area contributed by atoms with Gasteiger partial charge in [-0.1, -0.05) is 31.0 Å². The molecule has 0 aromatic heterocycles. The quantitative estimate of drug-likeness (QED) is 0.776. The maximum atomic E-state index is 12.0. The first-order valence-electron chi connectivity index (χ1n) is 6.96. The van der Waals surface area contributed by atoms with Crippen molar-refractivity contribution in [1.82, 2.24) is 4.90 Å². The summed E-state index contributed by atoms with van der Waals surface area (Å²) in [6.45, 7) is 5.70. The molecular formula is C15H23ClN2O2. The van der Waals surface area contributed by atoms with Crippen LogP contribution >= 0.6 is 11.6 Å². The molecule has 1 amide bonds. The number of nitrogens with zero attached hydrogens (tertiary/aromatic N) is 1. The van der Waals surface area contributed by atoms with Crippen LogP contribution in [0.2, 0.25) is 5.02 Å². The molecule has 0 aliphatic rings. The fourth-order valence-corrected chi connectivity index (χ4v) is 2.05. The first-order valence-corrected chi connectivity index (χ1v) is 7.33. The fraction of sp³-hybridized carbons (Fsp3) is 0.533. The number of aryl methyl sites for hydroxylation is 1. The summed E-state index contributed by atoms with van der Waals surface area (Å²) in [6.07, 6.45) is 2.08. The van der Waals surface area contributed by atoms with Crippen molar-refractivity contribution in [2.45, 2.75) is 26.7 Å². The Morgan fingerprint density at radius 1 is 1.40 bits per heavy atom. The number of hydrogen-bond acceptors (Lipinski definition) is 3. The lowest BCUT2D eigenvalue weighted by Crippen LogP contribution is -2.35. The molecule has 5 heteroatoms. The summed E-state index contributed by atoms with van der Waals surface area (Å²) in [5.74, 6) is -0.0885. The Balaban J connectivity index is 2.53. The monoisotopic (exact) mass is 298 g/mol. The second kappa shape index (κ2) is 8.95. The third-order valence-corrected chi connectivity index (χ3v) is 3.47. The van der Waals surface area contributed by atoms with E-state index in [1.165, 1.54) is 0 Å². The number of rotatable bonds is 8. The van der Waals surface area contributed by atoms with Crippen molar-refractivity contribution in [3.8, 4) is 0 Å². The van der Waals surface area contributed by atoms with E-state index in [1.807, 2.05) is 24.0 Å². The number of aliphatic hydroxyl groups excluding tert-OH is 1. The van der Waals surface area contributed by atoms with Gasteiger partial charge in [0.05, 0.1) is 13.2 Å². The zero-order valence-corrected chi connectivity index (χ0v) is 12.9. The Morgan fingerprint density at radius 3 is 2.75 bits per heavy atom. The van der Waals surface area contributed by atoms with E-state index in [1.54, 1.807) is 6.07 Å². The number of amides is 1. The van der Waals surface area contributed by atoms with Crippen LogP contribution in [0.15, 0.2) is 18.2 Å². The highest BCUT2D eigenvalue weighted by molar-refractivity contribution is 6.31. The summed E-state index contributed by atoms with van der Waals surface area (Å²) in [4.78, 5) is 13.9. The Hall–Kier alpha value is -1.10. The maximum Gasteiger partial charge on any atom is 0.238 e. The lowest BCUT2D eigenvalue weighted by Gasteiger charge is -2.20. The Bertz CT molecular complexity index is 438. The number of benzene rings is 1. The third kappa shape index (κ3) is 5.90. The van der Waals surface area contributed by atoms with Crippen LogP contribution in [-0.2, 0) is 4.79 Å². The number of nitrogens with one attached hydrogen (secondary N) is 1. The minimum absolute atomic E-state index is 0.0629. The molecule has 20 heavy (non-hydrogen) atoms. The molecule has 0 saturated heterocycles. The van der Waals surface area contributed by atoms with E-state index >= 15 is 0 Å². The van der Waals surface area contributed by atoms with Gasteiger partial charge in [-0.05, 0) is 37.6 Å². The summed E-state index contributed by atoms with van der Waals surface area (Å²) < 4.78 is 0. The molecule has 0 unspecified atom stereocenters. The number of aliphatic hydroxyl groups is 1. The van der Waals surface area contributed by atoms with Gasteiger partial charge >= 0.3 is 0 Å². The zero-order chi connectivity index (χ0) is 15.0. The minimum atomic E-state index is -0.0885. The number of carbonyl (C=O) groups excluding carboxylic acids is 1. The van der Waals surface area contributed by atoms with E-state index in [0.29, 0.717) is 17.3 Å². The van der Waals surface area contributed by atoms with Gasteiger partial charge in [-0.15, -0.1) is 0 Å². The first kappa shape index (κ1) is 17.0. The van der Waals surface area contributed by atoms with Gasteiger partial charge in [0, 0.05) is 17.3 Å². The van der Waals surface area contributed by atoms with Crippen LogP contribution in [0.25, 0.3) is 0 Å². The minimum Gasteiger partial charge on any atom is -0.395 e. The Kier molecular flexibility index (Phi) is 7.59. The molecular weight excluding hydrogens is 276 g/mol. The van der Waals surface area contributed by atoms with Crippen LogP contribution < -0.4 is 5.32 Å². The Labute approximate surface area is 125 Å². The number of anilines is 1. The summed E-state index contributed by atoms with van der Waals surface area (Å²) >= 11 is 6.03. The predicted molar refractivity (Wildman–Crippen MR) is 83.3 cm³/mol. The van der Waals surface area contributed by atoms with Gasteiger partial charge in [0.2, 0.25) is 5.91 Å². The molecule has 1 aromatic carbocycles. The van der Waals surface area contributed by atoms with E-state index in [2.05, 4.69) is 12.2 Å². The third-order valence-electron chi connectivity index (χ3n) is 3.07. The molecule has 0 aliphatic carbocycles. The van der Waals surface area contributed by atoms with Gasteiger partial charge < -0.3 is 10.4 Å². The summed E-state index contributed by atoms with van der Waals surface area (Å²) in [6, 6.07) is 5.46. The lowest BCUT2D eigenvalue weighted by atomic mass is 10.2. The van der Waals surface area contributed by atoms with Gasteiger partial charge in [-0.25, -0.2) is 0 Å². The maximum absolute atomic E-state index is 12.0. The molecule has 0 aliphatic heterocycles. The highest BCUT2D eigenvalue weighted by atomic mass is 35.5. The molecule has 1 rings (SSSR count). The Morgan fingerprint density at radius 2 is 2.15 bits per heavy atom. The molecule has 4 nitrogen and oxygen atoms in total. The van der Waals surface area contributed by atoms with Crippen molar-refractivity contribution >= 4 is 23.2 Å². The molecule has 0 saturated carbocycles. The number of unbranched alkanes of at least 4 members (excludes halogenated alkanes) is 1. The van der Waals surface area contributed by atoms with Gasteiger partial charge in [0.1, 0.15) is 0 Å². The summed E-state index contributed by atoms with van der Waals surface area (Å²) in [7, 11) is 0. The van der Waals surface area contributed by atoms with Gasteiger partial charge in [-0.3, -0.25) is 9.69 Å². The van der Waals surface area contributed by atoms with Crippen LogP contribution in [0.3, 0.4) is 0 Å². The first-order chi connectivity index (χ1) is 9.56. The van der Waals surface area contributed by atoms with E-state index < -0.39 is 0 Å². The van der Waals surface area contributed by atoms with E-state index in [4.69, 9.17) is 16.7 Å². The highest BCUT2D eigenvalue weighted by Crippen LogP contribution is 2.19.